The van der Waals surface area contributed by atoms with E-state index in [0.29, 0.717) is 0 Å². The van der Waals surface area contributed by atoms with Gasteiger partial charge in [0.1, 0.15) is 6.04 Å². The molecule has 5 nitrogen and oxygen atoms in total. The SMILES string of the molecule is C[C@H](NC(=O)CN(C)C)C(=O)O. The number of nitrogens with zero attached hydrogens (tertiary/aromatic N) is 1. The van der Waals surface area contributed by atoms with Crippen molar-refractivity contribution in [1.82, 2.24) is 10.2 Å². The third-order valence-corrected chi connectivity index (χ3v) is 1.21. The second kappa shape index (κ2) is 4.71. The molecule has 0 aliphatic rings. The standard InChI is InChI=1S/C7H14N2O3/c1-5(7(11)12)8-6(10)4-9(2)3/h5H,4H2,1-3H3,(H,8,10)(H,11,12)/t5-/m0/s1. The Morgan fingerprint density at radius 2 is 2.00 bits per heavy atom. The van der Waals surface area contributed by atoms with E-state index in [4.69, 9.17) is 5.11 Å². The molecule has 0 unspecified atom stereocenters. The number of carbonyl (C=O) groups is 2. The first-order valence-corrected chi connectivity index (χ1v) is 3.60. The largest absolute Gasteiger partial charge is 0.480 e. The third-order valence-electron chi connectivity index (χ3n) is 1.21. The number of rotatable bonds is 4. The highest BCUT2D eigenvalue weighted by Gasteiger charge is 2.13. The van der Waals surface area contributed by atoms with Gasteiger partial charge in [0.25, 0.3) is 0 Å². The number of carboxylic acid groups (broad SMARTS) is 1. The number of nitrogens with one attached hydrogen (secondary N) is 1. The molecule has 0 aromatic carbocycles. The van der Waals surface area contributed by atoms with Gasteiger partial charge in [0, 0.05) is 0 Å². The number of aliphatic carboxylic acids is 1. The smallest absolute Gasteiger partial charge is 0.325 e. The van der Waals surface area contributed by atoms with Crippen LogP contribution in [0.4, 0.5) is 0 Å². The van der Waals surface area contributed by atoms with Gasteiger partial charge in [0.15, 0.2) is 0 Å². The van der Waals surface area contributed by atoms with Crippen molar-refractivity contribution in [3.05, 3.63) is 0 Å². The van der Waals surface area contributed by atoms with Gasteiger partial charge in [-0.3, -0.25) is 9.59 Å². The Hall–Kier alpha value is -1.10. The van der Waals surface area contributed by atoms with Crippen LogP contribution in [0.1, 0.15) is 6.92 Å². The highest BCUT2D eigenvalue weighted by molar-refractivity contribution is 5.84. The fourth-order valence-electron chi connectivity index (χ4n) is 0.636. The molecule has 0 rings (SSSR count). The van der Waals surface area contributed by atoms with Crippen LogP contribution in [0.2, 0.25) is 0 Å². The molecule has 0 aliphatic heterocycles. The number of hydrogen-bond acceptors (Lipinski definition) is 3. The van der Waals surface area contributed by atoms with Gasteiger partial charge in [-0.05, 0) is 21.0 Å². The van der Waals surface area contributed by atoms with Gasteiger partial charge in [-0.15, -0.1) is 0 Å². The number of amides is 1. The lowest BCUT2D eigenvalue weighted by atomic mass is 10.3. The molecule has 0 bridgehead atoms. The maximum atomic E-state index is 11.0. The van der Waals surface area contributed by atoms with Crippen LogP contribution in [0.25, 0.3) is 0 Å². The van der Waals surface area contributed by atoms with Crippen molar-refractivity contribution >= 4 is 11.9 Å². The summed E-state index contributed by atoms with van der Waals surface area (Å²) < 4.78 is 0. The van der Waals surface area contributed by atoms with Crippen LogP contribution in [-0.4, -0.2) is 48.6 Å². The van der Waals surface area contributed by atoms with Gasteiger partial charge in [0.2, 0.25) is 5.91 Å². The Balaban J connectivity index is 3.77. The normalized spacial score (nSPS) is 12.7. The van der Waals surface area contributed by atoms with E-state index in [-0.39, 0.29) is 12.5 Å². The number of carbonyl (C=O) groups excluding carboxylic acids is 1. The molecule has 2 N–H and O–H groups in total. The van der Waals surface area contributed by atoms with Crippen LogP contribution in [0.5, 0.6) is 0 Å². The molecule has 0 spiro atoms. The summed E-state index contributed by atoms with van der Waals surface area (Å²) in [6.45, 7) is 1.63. The average molecular weight is 174 g/mol. The van der Waals surface area contributed by atoms with Crippen LogP contribution in [0.15, 0.2) is 0 Å². The molecule has 0 heterocycles. The van der Waals surface area contributed by atoms with Gasteiger partial charge >= 0.3 is 5.97 Å². The molecule has 0 radical (unpaired) electrons. The predicted molar refractivity (Wildman–Crippen MR) is 43.8 cm³/mol. The van der Waals surface area contributed by atoms with Crippen molar-refractivity contribution in [2.45, 2.75) is 13.0 Å². The molecule has 0 saturated heterocycles. The molecule has 0 aromatic rings. The van der Waals surface area contributed by atoms with Gasteiger partial charge in [-0.25, -0.2) is 0 Å². The van der Waals surface area contributed by atoms with Crippen LogP contribution < -0.4 is 5.32 Å². The zero-order valence-corrected chi connectivity index (χ0v) is 7.50. The number of likely N-dealkylation sites (N-methyl/N-ethyl adjacent to an activating group) is 1. The van der Waals surface area contributed by atoms with Crippen molar-refractivity contribution in [1.29, 1.82) is 0 Å². The Labute approximate surface area is 71.4 Å². The fourth-order valence-corrected chi connectivity index (χ4v) is 0.636. The molecule has 70 valence electrons. The Kier molecular flexibility index (Phi) is 4.28. The van der Waals surface area contributed by atoms with Crippen LogP contribution >= 0.6 is 0 Å². The fraction of sp³-hybridized carbons (Fsp3) is 0.714. The van der Waals surface area contributed by atoms with E-state index in [1.165, 1.54) is 6.92 Å². The first-order valence-electron chi connectivity index (χ1n) is 3.60. The Morgan fingerprint density at radius 1 is 1.50 bits per heavy atom. The van der Waals surface area contributed by atoms with Crippen molar-refractivity contribution in [2.24, 2.45) is 0 Å². The van der Waals surface area contributed by atoms with Crippen molar-refractivity contribution in [3.63, 3.8) is 0 Å². The minimum absolute atomic E-state index is 0.206. The second-order valence-electron chi connectivity index (χ2n) is 2.87. The zero-order chi connectivity index (χ0) is 9.72. The quantitative estimate of drug-likeness (QED) is 0.581. The average Bonchev–Trinajstić information content (AvgIpc) is 1.84. The molecule has 5 heteroatoms. The summed E-state index contributed by atoms with van der Waals surface area (Å²) in [5.41, 5.74) is 0. The van der Waals surface area contributed by atoms with Crippen LogP contribution in [0.3, 0.4) is 0 Å². The van der Waals surface area contributed by atoms with Gasteiger partial charge < -0.3 is 15.3 Å². The second-order valence-corrected chi connectivity index (χ2v) is 2.87. The lowest BCUT2D eigenvalue weighted by Crippen LogP contribution is -2.42. The molecule has 0 saturated carbocycles. The first-order chi connectivity index (χ1) is 5.43. The molecule has 0 aliphatic carbocycles. The van der Waals surface area contributed by atoms with Crippen molar-refractivity contribution in [2.75, 3.05) is 20.6 Å². The number of carboxylic acids is 1. The molecule has 0 aromatic heterocycles. The zero-order valence-electron chi connectivity index (χ0n) is 7.50. The minimum atomic E-state index is -1.03. The molecular formula is C7H14N2O3. The van der Waals surface area contributed by atoms with E-state index in [1.807, 2.05) is 0 Å². The van der Waals surface area contributed by atoms with Gasteiger partial charge in [0.05, 0.1) is 6.54 Å². The third kappa shape index (κ3) is 4.68. The summed E-state index contributed by atoms with van der Waals surface area (Å²) in [6, 6.07) is -0.822. The van der Waals surface area contributed by atoms with E-state index >= 15 is 0 Å². The summed E-state index contributed by atoms with van der Waals surface area (Å²) in [6.07, 6.45) is 0. The molecule has 12 heavy (non-hydrogen) atoms. The van der Waals surface area contributed by atoms with E-state index in [1.54, 1.807) is 19.0 Å². The van der Waals surface area contributed by atoms with E-state index in [9.17, 15) is 9.59 Å². The highest BCUT2D eigenvalue weighted by atomic mass is 16.4. The van der Waals surface area contributed by atoms with Crippen LogP contribution in [-0.2, 0) is 9.59 Å². The Bertz CT molecular complexity index is 179. The van der Waals surface area contributed by atoms with E-state index in [0.717, 1.165) is 0 Å². The first kappa shape index (κ1) is 10.9. The predicted octanol–water partition coefficient (Wildman–Crippen LogP) is -0.863. The van der Waals surface area contributed by atoms with Crippen LogP contribution in [0, 0.1) is 0 Å². The summed E-state index contributed by atoms with van der Waals surface area (Å²) in [5.74, 6) is -1.31. The number of hydrogen-bond donors (Lipinski definition) is 2. The highest BCUT2D eigenvalue weighted by Crippen LogP contribution is 1.82. The van der Waals surface area contributed by atoms with E-state index < -0.39 is 12.0 Å². The molecule has 0 fully saturated rings. The van der Waals surface area contributed by atoms with Crippen molar-refractivity contribution < 1.29 is 14.7 Å². The molecular weight excluding hydrogens is 160 g/mol. The lowest BCUT2D eigenvalue weighted by Gasteiger charge is -2.12. The summed E-state index contributed by atoms with van der Waals surface area (Å²) in [5, 5.41) is 10.8. The van der Waals surface area contributed by atoms with Gasteiger partial charge in [-0.2, -0.15) is 0 Å². The van der Waals surface area contributed by atoms with E-state index in [2.05, 4.69) is 5.32 Å². The summed E-state index contributed by atoms with van der Waals surface area (Å²) in [7, 11) is 3.48. The molecule has 1 atom stereocenters. The lowest BCUT2D eigenvalue weighted by molar-refractivity contribution is -0.141. The minimum Gasteiger partial charge on any atom is -0.480 e. The maximum absolute atomic E-state index is 11.0. The molecule has 1 amide bonds. The summed E-state index contributed by atoms with van der Waals surface area (Å²) in [4.78, 5) is 22.9. The monoisotopic (exact) mass is 174 g/mol. The summed E-state index contributed by atoms with van der Waals surface area (Å²) >= 11 is 0. The Morgan fingerprint density at radius 3 is 2.33 bits per heavy atom. The maximum Gasteiger partial charge on any atom is 0.325 e. The topological polar surface area (TPSA) is 69.6 Å². The van der Waals surface area contributed by atoms with Gasteiger partial charge in [-0.1, -0.05) is 0 Å². The van der Waals surface area contributed by atoms with Crippen molar-refractivity contribution in [3.8, 4) is 0 Å².